The first kappa shape index (κ1) is 17.3. The van der Waals surface area contributed by atoms with E-state index in [2.05, 4.69) is 29.6 Å². The summed E-state index contributed by atoms with van der Waals surface area (Å²) in [6.07, 6.45) is 3.43. The van der Waals surface area contributed by atoms with Gasteiger partial charge >= 0.3 is 0 Å². The lowest BCUT2D eigenvalue weighted by Gasteiger charge is -2.25. The number of ether oxygens (including phenoxy) is 1. The standard InChI is InChI=1S/C21H25NO3/c1-14-11-19(23)21-18(22-14)12-17(13-20(21)24)25-15(2)7-6-10-16-8-4-3-5-9-16/h3-5,8-9,12-15,22,24H,6-7,10-11H2,1-2H3. The smallest absolute Gasteiger partial charge is 0.170 e. The van der Waals surface area contributed by atoms with E-state index in [0.717, 1.165) is 19.3 Å². The number of Topliss-reactive ketones (excluding diaryl/α,β-unsaturated/α-hetero) is 1. The van der Waals surface area contributed by atoms with E-state index in [4.69, 9.17) is 4.74 Å². The maximum Gasteiger partial charge on any atom is 0.170 e. The zero-order chi connectivity index (χ0) is 17.8. The molecule has 2 aromatic carbocycles. The predicted molar refractivity (Wildman–Crippen MR) is 99.6 cm³/mol. The van der Waals surface area contributed by atoms with Crippen LogP contribution in [-0.4, -0.2) is 23.0 Å². The molecule has 1 heterocycles. The molecule has 4 heteroatoms. The molecule has 0 saturated carbocycles. The van der Waals surface area contributed by atoms with Crippen LogP contribution in [0.5, 0.6) is 11.5 Å². The van der Waals surface area contributed by atoms with Crippen molar-refractivity contribution in [1.82, 2.24) is 0 Å². The van der Waals surface area contributed by atoms with Gasteiger partial charge in [0.05, 0.1) is 17.4 Å². The molecule has 0 aliphatic carbocycles. The quantitative estimate of drug-likeness (QED) is 0.809. The second kappa shape index (κ2) is 7.60. The second-order valence-electron chi connectivity index (χ2n) is 6.84. The summed E-state index contributed by atoms with van der Waals surface area (Å²) in [7, 11) is 0. The van der Waals surface area contributed by atoms with Crippen LogP contribution in [0, 0.1) is 0 Å². The van der Waals surface area contributed by atoms with Crippen molar-refractivity contribution in [3.05, 3.63) is 53.6 Å². The third kappa shape index (κ3) is 4.32. The largest absolute Gasteiger partial charge is 0.507 e. The number of hydrogen-bond donors (Lipinski definition) is 2. The lowest BCUT2D eigenvalue weighted by Crippen LogP contribution is -2.26. The van der Waals surface area contributed by atoms with Crippen LogP contribution >= 0.6 is 0 Å². The Labute approximate surface area is 148 Å². The number of nitrogens with one attached hydrogen (secondary N) is 1. The van der Waals surface area contributed by atoms with E-state index < -0.39 is 0 Å². The summed E-state index contributed by atoms with van der Waals surface area (Å²) < 4.78 is 5.96. The van der Waals surface area contributed by atoms with E-state index in [-0.39, 0.29) is 23.7 Å². The van der Waals surface area contributed by atoms with Gasteiger partial charge in [-0.2, -0.15) is 0 Å². The molecule has 0 amide bonds. The van der Waals surface area contributed by atoms with Gasteiger partial charge < -0.3 is 15.2 Å². The van der Waals surface area contributed by atoms with Gasteiger partial charge in [-0.25, -0.2) is 0 Å². The molecule has 0 bridgehead atoms. The average Bonchev–Trinajstić information content (AvgIpc) is 2.54. The van der Waals surface area contributed by atoms with Crippen LogP contribution in [0.1, 0.15) is 49.0 Å². The van der Waals surface area contributed by atoms with E-state index in [1.165, 1.54) is 5.56 Å². The Morgan fingerprint density at radius 1 is 1.28 bits per heavy atom. The summed E-state index contributed by atoms with van der Waals surface area (Å²) >= 11 is 0. The molecule has 0 fully saturated rings. The van der Waals surface area contributed by atoms with Crippen molar-refractivity contribution in [2.75, 3.05) is 5.32 Å². The Balaban J connectivity index is 1.60. The highest BCUT2D eigenvalue weighted by atomic mass is 16.5. The fraction of sp³-hybridized carbons (Fsp3) is 0.381. The number of fused-ring (bicyclic) bond motifs is 1. The van der Waals surface area contributed by atoms with E-state index in [1.807, 2.05) is 26.0 Å². The van der Waals surface area contributed by atoms with Gasteiger partial charge in [-0.05, 0) is 38.7 Å². The number of carbonyl (C=O) groups excluding carboxylic acids is 1. The minimum absolute atomic E-state index is 0.00612. The molecular formula is C21H25NO3. The predicted octanol–water partition coefficient (Wildman–Crippen LogP) is 4.57. The second-order valence-corrected chi connectivity index (χ2v) is 6.84. The lowest BCUT2D eigenvalue weighted by molar-refractivity contribution is 0.0972. The van der Waals surface area contributed by atoms with Gasteiger partial charge in [-0.15, -0.1) is 0 Å². The molecule has 25 heavy (non-hydrogen) atoms. The molecular weight excluding hydrogens is 314 g/mol. The monoisotopic (exact) mass is 339 g/mol. The van der Waals surface area contributed by atoms with Gasteiger partial charge in [0, 0.05) is 24.6 Å². The molecule has 0 saturated heterocycles. The molecule has 4 nitrogen and oxygen atoms in total. The van der Waals surface area contributed by atoms with Crippen LogP contribution in [0.4, 0.5) is 5.69 Å². The van der Waals surface area contributed by atoms with Gasteiger partial charge in [0.2, 0.25) is 0 Å². The highest BCUT2D eigenvalue weighted by molar-refractivity contribution is 6.06. The maximum absolute atomic E-state index is 12.1. The number of phenolic OH excluding ortho intramolecular Hbond substituents is 1. The molecule has 3 rings (SSSR count). The minimum atomic E-state index is -0.0267. The normalized spacial score (nSPS) is 17.5. The van der Waals surface area contributed by atoms with Crippen molar-refractivity contribution in [3.8, 4) is 11.5 Å². The highest BCUT2D eigenvalue weighted by Crippen LogP contribution is 2.36. The van der Waals surface area contributed by atoms with E-state index in [1.54, 1.807) is 6.07 Å². The fourth-order valence-electron chi connectivity index (χ4n) is 3.30. The molecule has 1 aliphatic rings. The van der Waals surface area contributed by atoms with Gasteiger partial charge in [0.1, 0.15) is 11.5 Å². The van der Waals surface area contributed by atoms with E-state index in [0.29, 0.717) is 23.4 Å². The summed E-state index contributed by atoms with van der Waals surface area (Å²) in [5.74, 6) is 0.562. The fourth-order valence-corrected chi connectivity index (χ4v) is 3.30. The van der Waals surface area contributed by atoms with Gasteiger partial charge in [-0.1, -0.05) is 30.3 Å². The Morgan fingerprint density at radius 2 is 2.04 bits per heavy atom. The van der Waals surface area contributed by atoms with Crippen molar-refractivity contribution in [3.63, 3.8) is 0 Å². The van der Waals surface area contributed by atoms with Crippen LogP contribution in [-0.2, 0) is 6.42 Å². The molecule has 0 spiro atoms. The van der Waals surface area contributed by atoms with E-state index >= 15 is 0 Å². The van der Waals surface area contributed by atoms with Crippen LogP contribution < -0.4 is 10.1 Å². The lowest BCUT2D eigenvalue weighted by atomic mass is 9.96. The molecule has 2 N–H and O–H groups in total. The first-order valence-corrected chi connectivity index (χ1v) is 8.90. The topological polar surface area (TPSA) is 58.6 Å². The van der Waals surface area contributed by atoms with Crippen LogP contribution in [0.25, 0.3) is 0 Å². The average molecular weight is 339 g/mol. The number of anilines is 1. The number of phenols is 1. The van der Waals surface area contributed by atoms with Crippen LogP contribution in [0.2, 0.25) is 0 Å². The number of ketones is 1. The third-order valence-corrected chi connectivity index (χ3v) is 4.52. The summed E-state index contributed by atoms with van der Waals surface area (Å²) in [6.45, 7) is 3.99. The molecule has 2 unspecified atom stereocenters. The number of rotatable bonds is 6. The summed E-state index contributed by atoms with van der Waals surface area (Å²) in [5.41, 5.74) is 2.37. The molecule has 0 aromatic heterocycles. The SMILES string of the molecule is CC1CC(=O)c2c(O)cc(OC(C)CCCc3ccccc3)cc2N1. The van der Waals surface area contributed by atoms with Gasteiger partial charge in [-0.3, -0.25) is 4.79 Å². The van der Waals surface area contributed by atoms with Crippen molar-refractivity contribution >= 4 is 11.5 Å². The van der Waals surface area contributed by atoms with Gasteiger partial charge in [0.25, 0.3) is 0 Å². The third-order valence-electron chi connectivity index (χ3n) is 4.52. The summed E-state index contributed by atoms with van der Waals surface area (Å²) in [4.78, 5) is 12.1. The Kier molecular flexibility index (Phi) is 5.27. The molecule has 0 radical (unpaired) electrons. The minimum Gasteiger partial charge on any atom is -0.507 e. The Hall–Kier alpha value is -2.49. The van der Waals surface area contributed by atoms with E-state index in [9.17, 15) is 9.90 Å². The Morgan fingerprint density at radius 3 is 2.80 bits per heavy atom. The molecule has 132 valence electrons. The molecule has 2 atom stereocenters. The summed E-state index contributed by atoms with van der Waals surface area (Å²) in [5, 5.41) is 13.4. The van der Waals surface area contributed by atoms with Crippen LogP contribution in [0.15, 0.2) is 42.5 Å². The van der Waals surface area contributed by atoms with Crippen molar-refractivity contribution < 1.29 is 14.6 Å². The van der Waals surface area contributed by atoms with Crippen LogP contribution in [0.3, 0.4) is 0 Å². The first-order chi connectivity index (χ1) is 12.0. The zero-order valence-corrected chi connectivity index (χ0v) is 14.8. The van der Waals surface area contributed by atoms with Crippen molar-refractivity contribution in [2.45, 2.75) is 51.7 Å². The number of benzene rings is 2. The maximum atomic E-state index is 12.1. The number of aryl methyl sites for hydroxylation is 1. The van der Waals surface area contributed by atoms with Crippen molar-refractivity contribution in [2.24, 2.45) is 0 Å². The number of aromatic hydroxyl groups is 1. The molecule has 1 aliphatic heterocycles. The van der Waals surface area contributed by atoms with Crippen molar-refractivity contribution in [1.29, 1.82) is 0 Å². The summed E-state index contributed by atoms with van der Waals surface area (Å²) in [6, 6.07) is 13.8. The Bertz CT molecular complexity index is 742. The van der Waals surface area contributed by atoms with Gasteiger partial charge in [0.15, 0.2) is 5.78 Å². The number of hydrogen-bond acceptors (Lipinski definition) is 4. The molecule has 2 aromatic rings. The first-order valence-electron chi connectivity index (χ1n) is 8.90. The number of carbonyl (C=O) groups is 1. The highest BCUT2D eigenvalue weighted by Gasteiger charge is 2.26. The zero-order valence-electron chi connectivity index (χ0n) is 14.8.